The van der Waals surface area contributed by atoms with Crippen LogP contribution in [0.2, 0.25) is 0 Å². The number of hydrogen-bond donors (Lipinski definition) is 0. The SMILES string of the molecule is CCC(=O)c1ccc(Cc2nccn3c(-c4cn(CC5=NCC=C5)nc4C(F)(F)F)cnc23)cc1C. The van der Waals surface area contributed by atoms with Crippen molar-refractivity contribution in [2.75, 3.05) is 6.54 Å². The summed E-state index contributed by atoms with van der Waals surface area (Å²) in [6.45, 7) is 4.39. The Bertz CT molecular complexity index is 1530. The molecule has 36 heavy (non-hydrogen) atoms. The molecule has 0 radical (unpaired) electrons. The fraction of sp³-hybridized carbons (Fsp3) is 0.269. The number of allylic oxidation sites excluding steroid dienone is 1. The molecule has 3 aromatic heterocycles. The minimum absolute atomic E-state index is 0.0620. The first-order chi connectivity index (χ1) is 17.2. The second-order valence-electron chi connectivity index (χ2n) is 8.63. The van der Waals surface area contributed by atoms with Gasteiger partial charge in [-0.1, -0.05) is 31.2 Å². The summed E-state index contributed by atoms with van der Waals surface area (Å²) in [5.74, 6) is 0.0780. The first-order valence-corrected chi connectivity index (χ1v) is 11.5. The van der Waals surface area contributed by atoms with E-state index in [1.807, 2.05) is 38.1 Å². The van der Waals surface area contributed by atoms with E-state index in [1.54, 1.807) is 22.9 Å². The number of fused-ring (bicyclic) bond motifs is 1. The van der Waals surface area contributed by atoms with Crippen LogP contribution in [0.5, 0.6) is 0 Å². The van der Waals surface area contributed by atoms with Crippen molar-refractivity contribution in [2.24, 2.45) is 4.99 Å². The van der Waals surface area contributed by atoms with Crippen molar-refractivity contribution in [3.8, 4) is 11.3 Å². The highest BCUT2D eigenvalue weighted by atomic mass is 19.4. The maximum atomic E-state index is 13.9. The fourth-order valence-electron chi connectivity index (χ4n) is 4.41. The standard InChI is InChI=1S/C26H23F3N6O/c1-3-23(36)19-7-6-17(11-16(19)2)12-21-25-32-13-22(35(25)10-9-31-21)20-15-34(14-18-5-4-8-30-18)33-24(20)26(27,28)29/h4-7,9-11,13,15H,3,8,12,14H2,1-2H3. The van der Waals surface area contributed by atoms with Crippen LogP contribution in [0.4, 0.5) is 13.2 Å². The zero-order valence-electron chi connectivity index (χ0n) is 19.8. The minimum atomic E-state index is -4.64. The lowest BCUT2D eigenvalue weighted by atomic mass is 9.98. The molecule has 184 valence electrons. The fourth-order valence-corrected chi connectivity index (χ4v) is 4.41. The first kappa shape index (κ1) is 23.7. The van der Waals surface area contributed by atoms with E-state index in [1.165, 1.54) is 17.1 Å². The van der Waals surface area contributed by atoms with Crippen molar-refractivity contribution >= 4 is 17.1 Å². The van der Waals surface area contributed by atoms with E-state index in [9.17, 15) is 18.0 Å². The number of aryl methyl sites for hydroxylation is 1. The number of halogens is 3. The van der Waals surface area contributed by atoms with Gasteiger partial charge in [-0.05, 0) is 24.1 Å². The molecule has 1 aromatic carbocycles. The smallest absolute Gasteiger partial charge is 0.296 e. The molecule has 0 saturated carbocycles. The van der Waals surface area contributed by atoms with Gasteiger partial charge in [0.25, 0.3) is 0 Å². The summed E-state index contributed by atoms with van der Waals surface area (Å²) in [5.41, 5.74) is 3.47. The van der Waals surface area contributed by atoms with E-state index in [4.69, 9.17) is 0 Å². The van der Waals surface area contributed by atoms with Gasteiger partial charge >= 0.3 is 6.18 Å². The van der Waals surface area contributed by atoms with E-state index in [0.717, 1.165) is 11.1 Å². The number of hydrogen-bond acceptors (Lipinski definition) is 5. The molecule has 0 fully saturated rings. The molecule has 0 N–H and O–H groups in total. The molecule has 0 bridgehead atoms. The van der Waals surface area contributed by atoms with Crippen LogP contribution in [-0.4, -0.2) is 42.2 Å². The Morgan fingerprint density at radius 1 is 1.19 bits per heavy atom. The number of nitrogens with zero attached hydrogens (tertiary/aromatic N) is 6. The molecule has 0 saturated heterocycles. The van der Waals surface area contributed by atoms with Crippen LogP contribution in [-0.2, 0) is 19.1 Å². The number of carbonyl (C=O) groups excluding carboxylic acids is 1. The van der Waals surface area contributed by atoms with Crippen LogP contribution in [0.1, 0.15) is 46.2 Å². The molecule has 4 heterocycles. The second kappa shape index (κ2) is 9.18. The van der Waals surface area contributed by atoms with Crippen molar-refractivity contribution in [2.45, 2.75) is 39.4 Å². The summed E-state index contributed by atoms with van der Waals surface area (Å²) in [7, 11) is 0. The zero-order chi connectivity index (χ0) is 25.4. The Balaban J connectivity index is 1.52. The summed E-state index contributed by atoms with van der Waals surface area (Å²) >= 11 is 0. The number of aliphatic imine (C=N–C) groups is 1. The molecule has 7 nitrogen and oxygen atoms in total. The lowest BCUT2D eigenvalue weighted by molar-refractivity contribution is -0.141. The second-order valence-corrected chi connectivity index (χ2v) is 8.63. The third kappa shape index (κ3) is 4.46. The Morgan fingerprint density at radius 2 is 2.03 bits per heavy atom. The van der Waals surface area contributed by atoms with E-state index in [-0.39, 0.29) is 23.6 Å². The molecular weight excluding hydrogens is 469 g/mol. The van der Waals surface area contributed by atoms with Gasteiger partial charge < -0.3 is 0 Å². The summed E-state index contributed by atoms with van der Waals surface area (Å²) in [6, 6.07) is 5.61. The molecule has 1 aliphatic heterocycles. The number of benzene rings is 1. The first-order valence-electron chi connectivity index (χ1n) is 11.5. The maximum Gasteiger partial charge on any atom is 0.435 e. The van der Waals surface area contributed by atoms with Crippen molar-refractivity contribution in [3.05, 3.63) is 83.2 Å². The summed E-state index contributed by atoms with van der Waals surface area (Å²) in [4.78, 5) is 25.2. The van der Waals surface area contributed by atoms with Crippen LogP contribution >= 0.6 is 0 Å². The summed E-state index contributed by atoms with van der Waals surface area (Å²) in [6.07, 6.45) is 5.78. The molecule has 1 aliphatic rings. The van der Waals surface area contributed by atoms with Gasteiger partial charge in [0.15, 0.2) is 17.1 Å². The highest BCUT2D eigenvalue weighted by Gasteiger charge is 2.38. The molecule has 0 unspecified atom stereocenters. The van der Waals surface area contributed by atoms with E-state index < -0.39 is 11.9 Å². The molecule has 0 atom stereocenters. The van der Waals surface area contributed by atoms with Crippen LogP contribution in [0.3, 0.4) is 0 Å². The van der Waals surface area contributed by atoms with Crippen molar-refractivity contribution in [3.63, 3.8) is 0 Å². The van der Waals surface area contributed by atoms with E-state index in [0.29, 0.717) is 42.0 Å². The Morgan fingerprint density at radius 3 is 2.72 bits per heavy atom. The normalized spacial score (nSPS) is 13.5. The van der Waals surface area contributed by atoms with E-state index in [2.05, 4.69) is 20.1 Å². The predicted octanol–water partition coefficient (Wildman–Crippen LogP) is 5.11. The Hall–Kier alpha value is -4.08. The van der Waals surface area contributed by atoms with Crippen LogP contribution < -0.4 is 0 Å². The van der Waals surface area contributed by atoms with Crippen molar-refractivity contribution in [1.82, 2.24) is 24.1 Å². The number of ketones is 1. The van der Waals surface area contributed by atoms with Crippen molar-refractivity contribution in [1.29, 1.82) is 0 Å². The van der Waals surface area contributed by atoms with Gasteiger partial charge in [0, 0.05) is 37.0 Å². The third-order valence-corrected chi connectivity index (χ3v) is 6.13. The van der Waals surface area contributed by atoms with Crippen LogP contribution in [0, 0.1) is 6.92 Å². The van der Waals surface area contributed by atoms with Crippen LogP contribution in [0.25, 0.3) is 16.9 Å². The van der Waals surface area contributed by atoms with Gasteiger partial charge in [0.2, 0.25) is 0 Å². The average Bonchev–Trinajstić information content (AvgIpc) is 3.58. The molecule has 10 heteroatoms. The lowest BCUT2D eigenvalue weighted by Crippen LogP contribution is -2.11. The zero-order valence-corrected chi connectivity index (χ0v) is 19.8. The minimum Gasteiger partial charge on any atom is -0.296 e. The number of carbonyl (C=O) groups is 1. The summed E-state index contributed by atoms with van der Waals surface area (Å²) in [5, 5.41) is 3.83. The summed E-state index contributed by atoms with van der Waals surface area (Å²) < 4.78 is 44.6. The van der Waals surface area contributed by atoms with Gasteiger partial charge in [-0.25, -0.2) is 4.98 Å². The average molecular weight is 493 g/mol. The number of aromatic nitrogens is 5. The molecule has 0 amide bonds. The number of Topliss-reactive ketones (excluding diaryl/α,β-unsaturated/α-hetero) is 1. The maximum absolute atomic E-state index is 13.9. The lowest BCUT2D eigenvalue weighted by Gasteiger charge is -2.09. The van der Waals surface area contributed by atoms with Gasteiger partial charge in [0.1, 0.15) is 0 Å². The Labute approximate surface area is 205 Å². The number of imidazole rings is 1. The van der Waals surface area contributed by atoms with Gasteiger partial charge in [-0.3, -0.25) is 23.9 Å². The van der Waals surface area contributed by atoms with Gasteiger partial charge in [0.05, 0.1) is 41.9 Å². The molecule has 0 spiro atoms. The van der Waals surface area contributed by atoms with Crippen molar-refractivity contribution < 1.29 is 18.0 Å². The highest BCUT2D eigenvalue weighted by Crippen LogP contribution is 2.36. The molecule has 5 rings (SSSR count). The topological polar surface area (TPSA) is 77.4 Å². The monoisotopic (exact) mass is 492 g/mol. The molecular formula is C26H23F3N6O. The highest BCUT2D eigenvalue weighted by molar-refractivity contribution is 5.97. The van der Waals surface area contributed by atoms with Gasteiger partial charge in [-0.15, -0.1) is 0 Å². The molecule has 0 aliphatic carbocycles. The van der Waals surface area contributed by atoms with Crippen LogP contribution in [0.15, 0.2) is 60.1 Å². The third-order valence-electron chi connectivity index (χ3n) is 6.13. The quantitative estimate of drug-likeness (QED) is 0.336. The van der Waals surface area contributed by atoms with Gasteiger partial charge in [-0.2, -0.15) is 18.3 Å². The number of rotatable bonds is 7. The van der Waals surface area contributed by atoms with E-state index >= 15 is 0 Å². The Kier molecular flexibility index (Phi) is 6.03. The number of alkyl halides is 3. The predicted molar refractivity (Wildman–Crippen MR) is 129 cm³/mol. The largest absolute Gasteiger partial charge is 0.435 e. The molecule has 4 aromatic rings.